The number of rotatable bonds is 4. The Hall–Kier alpha value is -0.940. The molecule has 5 heteroatoms. The minimum absolute atomic E-state index is 0.0916. The van der Waals surface area contributed by atoms with Gasteiger partial charge in [0.25, 0.3) is 0 Å². The second kappa shape index (κ2) is 5.23. The summed E-state index contributed by atoms with van der Waals surface area (Å²) in [5, 5.41) is 4.19. The minimum atomic E-state index is 0.0916. The van der Waals surface area contributed by atoms with E-state index < -0.39 is 0 Å². The highest BCUT2D eigenvalue weighted by molar-refractivity contribution is 7.11. The van der Waals surface area contributed by atoms with E-state index in [0.717, 1.165) is 17.2 Å². The molecule has 1 aromatic rings. The average Bonchev–Trinajstić information content (AvgIpc) is 2.45. The van der Waals surface area contributed by atoms with Crippen LogP contribution >= 0.6 is 11.3 Å². The van der Waals surface area contributed by atoms with Crippen LogP contribution in [0.25, 0.3) is 0 Å². The molecule has 0 aliphatic carbocycles. The van der Waals surface area contributed by atoms with Crippen molar-refractivity contribution in [2.75, 3.05) is 20.6 Å². The van der Waals surface area contributed by atoms with Crippen LogP contribution in [0.4, 0.5) is 0 Å². The number of nitrogens with one attached hydrogen (secondary N) is 1. The summed E-state index contributed by atoms with van der Waals surface area (Å²) in [5.41, 5.74) is 1.06. The van der Waals surface area contributed by atoms with Gasteiger partial charge in [-0.15, -0.1) is 11.3 Å². The molecule has 4 nitrogen and oxygen atoms in total. The quantitative estimate of drug-likeness (QED) is 0.832. The molecule has 84 valence electrons. The molecule has 1 amide bonds. The van der Waals surface area contributed by atoms with Crippen LogP contribution in [0.1, 0.15) is 15.6 Å². The van der Waals surface area contributed by atoms with Crippen molar-refractivity contribution in [3.05, 3.63) is 15.6 Å². The normalized spacial score (nSPS) is 10.4. The number of thiazole rings is 1. The van der Waals surface area contributed by atoms with Gasteiger partial charge in [0, 0.05) is 25.5 Å². The van der Waals surface area contributed by atoms with Gasteiger partial charge in [0.1, 0.15) is 0 Å². The van der Waals surface area contributed by atoms with Crippen LogP contribution in [0.15, 0.2) is 0 Å². The first-order valence-electron chi connectivity index (χ1n) is 4.84. The Kier molecular flexibility index (Phi) is 4.23. The molecule has 1 rings (SSSR count). The number of nitrogens with zero attached hydrogens (tertiary/aromatic N) is 2. The summed E-state index contributed by atoms with van der Waals surface area (Å²) in [6.07, 6.45) is 0. The fourth-order valence-electron chi connectivity index (χ4n) is 1.18. The van der Waals surface area contributed by atoms with Crippen molar-refractivity contribution in [2.45, 2.75) is 20.4 Å². The molecule has 0 aromatic carbocycles. The van der Waals surface area contributed by atoms with Crippen LogP contribution < -0.4 is 5.32 Å². The van der Waals surface area contributed by atoms with Crippen LogP contribution in [0.5, 0.6) is 0 Å². The molecule has 0 aliphatic rings. The van der Waals surface area contributed by atoms with Gasteiger partial charge >= 0.3 is 0 Å². The third kappa shape index (κ3) is 3.60. The summed E-state index contributed by atoms with van der Waals surface area (Å²) in [6, 6.07) is 0. The largest absolute Gasteiger partial charge is 0.348 e. The summed E-state index contributed by atoms with van der Waals surface area (Å²) in [6.45, 7) is 5.08. The maximum absolute atomic E-state index is 11.3. The maximum Gasteiger partial charge on any atom is 0.236 e. The number of aryl methyl sites for hydroxylation is 2. The Bertz CT molecular complexity index is 346. The molecule has 1 aromatic heterocycles. The molecule has 15 heavy (non-hydrogen) atoms. The van der Waals surface area contributed by atoms with Crippen molar-refractivity contribution in [3.63, 3.8) is 0 Å². The van der Waals surface area contributed by atoms with E-state index in [0.29, 0.717) is 6.54 Å². The van der Waals surface area contributed by atoms with Gasteiger partial charge in [-0.3, -0.25) is 4.79 Å². The van der Waals surface area contributed by atoms with Gasteiger partial charge in [0.2, 0.25) is 5.91 Å². The molecule has 0 bridgehead atoms. The standard InChI is InChI=1S/C10H17N3OS/c1-7-9(15-8(2)12-7)5-11-6-10(14)13(3)4/h11H,5-6H2,1-4H3. The molecule has 0 aliphatic heterocycles. The Morgan fingerprint density at radius 2 is 2.13 bits per heavy atom. The van der Waals surface area contributed by atoms with Gasteiger partial charge in [0.05, 0.1) is 17.2 Å². The SMILES string of the molecule is Cc1nc(C)c(CNCC(=O)N(C)C)s1. The zero-order valence-corrected chi connectivity index (χ0v) is 10.4. The number of amides is 1. The molecular weight excluding hydrogens is 210 g/mol. The summed E-state index contributed by atoms with van der Waals surface area (Å²) in [7, 11) is 3.51. The average molecular weight is 227 g/mol. The van der Waals surface area contributed by atoms with Gasteiger partial charge in [0.15, 0.2) is 0 Å². The molecule has 0 saturated carbocycles. The minimum Gasteiger partial charge on any atom is -0.348 e. The third-order valence-electron chi connectivity index (χ3n) is 2.06. The number of aromatic nitrogens is 1. The van der Waals surface area contributed by atoms with Crippen LogP contribution in [0, 0.1) is 13.8 Å². The fourth-order valence-corrected chi connectivity index (χ4v) is 2.09. The first kappa shape index (κ1) is 12.1. The summed E-state index contributed by atoms with van der Waals surface area (Å²) in [4.78, 5) is 18.4. The molecule has 0 fully saturated rings. The van der Waals surface area contributed by atoms with Crippen LogP contribution in [0.2, 0.25) is 0 Å². The molecular formula is C10H17N3OS. The lowest BCUT2D eigenvalue weighted by Gasteiger charge is -2.10. The lowest BCUT2D eigenvalue weighted by atomic mass is 10.4. The van der Waals surface area contributed by atoms with E-state index in [4.69, 9.17) is 0 Å². The summed E-state index contributed by atoms with van der Waals surface area (Å²) in [5.74, 6) is 0.0916. The van der Waals surface area contributed by atoms with Gasteiger partial charge < -0.3 is 10.2 Å². The number of carbonyl (C=O) groups is 1. The first-order valence-corrected chi connectivity index (χ1v) is 5.66. The van der Waals surface area contributed by atoms with E-state index in [2.05, 4.69) is 10.3 Å². The van der Waals surface area contributed by atoms with Crippen molar-refractivity contribution in [2.24, 2.45) is 0 Å². The smallest absolute Gasteiger partial charge is 0.236 e. The Labute approximate surface area is 94.3 Å². The Morgan fingerprint density at radius 1 is 1.47 bits per heavy atom. The lowest BCUT2D eigenvalue weighted by Crippen LogP contribution is -2.32. The van der Waals surface area contributed by atoms with Crippen molar-refractivity contribution in [1.82, 2.24) is 15.2 Å². The number of hydrogen-bond acceptors (Lipinski definition) is 4. The lowest BCUT2D eigenvalue weighted by molar-refractivity contribution is -0.127. The van der Waals surface area contributed by atoms with Crippen LogP contribution in [-0.4, -0.2) is 36.4 Å². The zero-order valence-electron chi connectivity index (χ0n) is 9.63. The van der Waals surface area contributed by atoms with Crippen molar-refractivity contribution >= 4 is 17.2 Å². The predicted octanol–water partition coefficient (Wildman–Crippen LogP) is 0.938. The van der Waals surface area contributed by atoms with Gasteiger partial charge in [-0.2, -0.15) is 0 Å². The molecule has 0 radical (unpaired) electrons. The van der Waals surface area contributed by atoms with E-state index in [9.17, 15) is 4.79 Å². The van der Waals surface area contributed by atoms with Crippen molar-refractivity contribution in [1.29, 1.82) is 0 Å². The summed E-state index contributed by atoms with van der Waals surface area (Å²) >= 11 is 1.68. The maximum atomic E-state index is 11.3. The van der Waals surface area contributed by atoms with Crippen LogP contribution in [0.3, 0.4) is 0 Å². The van der Waals surface area contributed by atoms with Gasteiger partial charge in [-0.1, -0.05) is 0 Å². The Balaban J connectivity index is 2.38. The molecule has 0 saturated heterocycles. The highest BCUT2D eigenvalue weighted by atomic mass is 32.1. The van der Waals surface area contributed by atoms with E-state index in [-0.39, 0.29) is 5.91 Å². The Morgan fingerprint density at radius 3 is 2.60 bits per heavy atom. The highest BCUT2D eigenvalue weighted by Crippen LogP contribution is 2.16. The molecule has 0 unspecified atom stereocenters. The second-order valence-electron chi connectivity index (χ2n) is 3.63. The van der Waals surface area contributed by atoms with E-state index in [1.807, 2.05) is 13.8 Å². The van der Waals surface area contributed by atoms with Gasteiger partial charge in [-0.25, -0.2) is 4.98 Å². The third-order valence-corrected chi connectivity index (χ3v) is 3.13. The van der Waals surface area contributed by atoms with Crippen molar-refractivity contribution < 1.29 is 4.79 Å². The van der Waals surface area contributed by atoms with Gasteiger partial charge in [-0.05, 0) is 13.8 Å². The topological polar surface area (TPSA) is 45.2 Å². The number of hydrogen-bond donors (Lipinski definition) is 1. The fraction of sp³-hybridized carbons (Fsp3) is 0.600. The molecule has 1 heterocycles. The number of likely N-dealkylation sites (N-methyl/N-ethyl adjacent to an activating group) is 1. The first-order chi connectivity index (χ1) is 7.00. The molecule has 1 N–H and O–H groups in total. The van der Waals surface area contributed by atoms with Crippen molar-refractivity contribution in [3.8, 4) is 0 Å². The number of carbonyl (C=O) groups excluding carboxylic acids is 1. The van der Waals surface area contributed by atoms with E-state index in [1.165, 1.54) is 4.88 Å². The molecule has 0 spiro atoms. The summed E-state index contributed by atoms with van der Waals surface area (Å²) < 4.78 is 0. The second-order valence-corrected chi connectivity index (χ2v) is 4.92. The van der Waals surface area contributed by atoms with Crippen LogP contribution in [-0.2, 0) is 11.3 Å². The highest BCUT2D eigenvalue weighted by Gasteiger charge is 2.06. The molecule has 0 atom stereocenters. The van der Waals surface area contributed by atoms with E-state index >= 15 is 0 Å². The monoisotopic (exact) mass is 227 g/mol. The van der Waals surface area contributed by atoms with E-state index in [1.54, 1.807) is 30.3 Å². The predicted molar refractivity (Wildman–Crippen MR) is 62.0 cm³/mol. The zero-order chi connectivity index (χ0) is 11.4.